The van der Waals surface area contributed by atoms with E-state index in [0.717, 1.165) is 10.9 Å². The second-order valence-corrected chi connectivity index (χ2v) is 6.31. The Kier molecular flexibility index (Phi) is 5.43. The minimum absolute atomic E-state index is 0.156. The van der Waals surface area contributed by atoms with Gasteiger partial charge in [-0.3, -0.25) is 9.59 Å². The normalized spacial score (nSPS) is 10.5. The molecule has 6 nitrogen and oxygen atoms in total. The Bertz CT molecular complexity index is 1070. The molecule has 0 radical (unpaired) electrons. The summed E-state index contributed by atoms with van der Waals surface area (Å²) in [6.45, 7) is 0.220. The summed E-state index contributed by atoms with van der Waals surface area (Å²) < 4.78 is 7.41. The van der Waals surface area contributed by atoms with Crippen molar-refractivity contribution in [3.05, 3.63) is 64.8 Å². The van der Waals surface area contributed by atoms with Crippen LogP contribution in [0.25, 0.3) is 10.9 Å². The molecule has 1 aromatic heterocycles. The van der Waals surface area contributed by atoms with E-state index in [1.807, 2.05) is 28.8 Å². The van der Waals surface area contributed by atoms with Gasteiger partial charge in [0.25, 0.3) is 5.91 Å². The molecule has 7 heteroatoms. The van der Waals surface area contributed by atoms with E-state index in [-0.39, 0.29) is 23.7 Å². The van der Waals surface area contributed by atoms with Crippen LogP contribution in [0.2, 0.25) is 5.02 Å². The number of ether oxygens (including phenoxy) is 1. The molecule has 1 heterocycles. The number of halogens is 1. The van der Waals surface area contributed by atoms with Crippen LogP contribution in [0.4, 0.5) is 0 Å². The molecule has 0 atom stereocenters. The van der Waals surface area contributed by atoms with Crippen molar-refractivity contribution in [3.8, 4) is 11.8 Å². The number of aryl methyl sites for hydroxylation is 1. The number of rotatable bonds is 7. The van der Waals surface area contributed by atoms with Gasteiger partial charge in [0.05, 0.1) is 18.1 Å². The number of fused-ring (bicyclic) bond motifs is 1. The standard InChI is InChI=1S/C20H16ClN3O3/c21-13-6-7-15(20(23)26)19(10-13)27-12-18(25)16-11-24(9-3-8-22)17-5-2-1-4-14(16)17/h1-2,4-7,10-11H,3,9,12H2,(H2,23,26). The highest BCUT2D eigenvalue weighted by Crippen LogP contribution is 2.25. The van der Waals surface area contributed by atoms with Crippen LogP contribution in [-0.4, -0.2) is 22.9 Å². The zero-order valence-electron chi connectivity index (χ0n) is 14.3. The highest BCUT2D eigenvalue weighted by molar-refractivity contribution is 6.30. The summed E-state index contributed by atoms with van der Waals surface area (Å²) in [7, 11) is 0. The van der Waals surface area contributed by atoms with Gasteiger partial charge >= 0.3 is 0 Å². The summed E-state index contributed by atoms with van der Waals surface area (Å²) in [4.78, 5) is 24.2. The van der Waals surface area contributed by atoms with Crippen molar-refractivity contribution in [2.45, 2.75) is 13.0 Å². The second kappa shape index (κ2) is 7.94. The maximum absolute atomic E-state index is 12.7. The van der Waals surface area contributed by atoms with Crippen LogP contribution in [0.5, 0.6) is 5.75 Å². The fourth-order valence-corrected chi connectivity index (χ4v) is 3.03. The summed E-state index contributed by atoms with van der Waals surface area (Å²) in [5, 5.41) is 9.97. The molecule has 2 N–H and O–H groups in total. The lowest BCUT2D eigenvalue weighted by atomic mass is 10.1. The third kappa shape index (κ3) is 3.94. The quantitative estimate of drug-likeness (QED) is 0.632. The van der Waals surface area contributed by atoms with Gasteiger partial charge in [-0.2, -0.15) is 5.26 Å². The Morgan fingerprint density at radius 2 is 1.96 bits per heavy atom. The van der Waals surface area contributed by atoms with Gasteiger partial charge < -0.3 is 15.0 Å². The first-order chi connectivity index (χ1) is 13.0. The summed E-state index contributed by atoms with van der Waals surface area (Å²) in [5.41, 5.74) is 6.85. The maximum Gasteiger partial charge on any atom is 0.252 e. The molecular formula is C20H16ClN3O3. The number of primary amides is 1. The molecule has 136 valence electrons. The number of benzene rings is 2. The number of hydrogen-bond acceptors (Lipinski definition) is 4. The van der Waals surface area contributed by atoms with Gasteiger partial charge in [0.2, 0.25) is 5.78 Å². The zero-order chi connectivity index (χ0) is 19.4. The molecule has 0 saturated heterocycles. The van der Waals surface area contributed by atoms with Crippen LogP contribution in [0.3, 0.4) is 0 Å². The van der Waals surface area contributed by atoms with E-state index in [9.17, 15) is 9.59 Å². The summed E-state index contributed by atoms with van der Waals surface area (Å²) in [6, 6.07) is 14.0. The lowest BCUT2D eigenvalue weighted by molar-refractivity contribution is 0.0913. The number of aromatic nitrogens is 1. The van der Waals surface area contributed by atoms with Crippen molar-refractivity contribution in [2.75, 3.05) is 6.61 Å². The van der Waals surface area contributed by atoms with Gasteiger partial charge in [0, 0.05) is 34.2 Å². The summed E-state index contributed by atoms with van der Waals surface area (Å²) in [5.74, 6) is -0.754. The van der Waals surface area contributed by atoms with Gasteiger partial charge in [0.15, 0.2) is 6.61 Å². The fourth-order valence-electron chi connectivity index (χ4n) is 2.86. The highest BCUT2D eigenvalue weighted by atomic mass is 35.5. The zero-order valence-corrected chi connectivity index (χ0v) is 15.1. The predicted octanol–water partition coefficient (Wildman–Crippen LogP) is 3.57. The molecular weight excluding hydrogens is 366 g/mol. The number of amides is 1. The van der Waals surface area contributed by atoms with Crippen LogP contribution in [0.1, 0.15) is 27.1 Å². The predicted molar refractivity (Wildman–Crippen MR) is 102 cm³/mol. The van der Waals surface area contributed by atoms with Gasteiger partial charge in [0.1, 0.15) is 5.75 Å². The minimum Gasteiger partial charge on any atom is -0.485 e. The van der Waals surface area contributed by atoms with E-state index in [2.05, 4.69) is 6.07 Å². The maximum atomic E-state index is 12.7. The molecule has 3 rings (SSSR count). The number of carbonyl (C=O) groups is 2. The Morgan fingerprint density at radius 3 is 2.70 bits per heavy atom. The number of para-hydroxylation sites is 1. The van der Waals surface area contributed by atoms with Crippen molar-refractivity contribution in [2.24, 2.45) is 5.73 Å². The van der Waals surface area contributed by atoms with Crippen molar-refractivity contribution < 1.29 is 14.3 Å². The van der Waals surface area contributed by atoms with Crippen LogP contribution in [0.15, 0.2) is 48.7 Å². The molecule has 1 amide bonds. The van der Waals surface area contributed by atoms with E-state index >= 15 is 0 Å². The monoisotopic (exact) mass is 381 g/mol. The van der Waals surface area contributed by atoms with Gasteiger partial charge in [-0.15, -0.1) is 0 Å². The fraction of sp³-hybridized carbons (Fsp3) is 0.150. The van der Waals surface area contributed by atoms with Gasteiger partial charge in [-0.05, 0) is 24.3 Å². The number of Topliss-reactive ketones (excluding diaryl/α,β-unsaturated/α-hetero) is 1. The smallest absolute Gasteiger partial charge is 0.252 e. The molecule has 0 spiro atoms. The lowest BCUT2D eigenvalue weighted by Crippen LogP contribution is -2.16. The van der Waals surface area contributed by atoms with Crippen LogP contribution in [-0.2, 0) is 6.54 Å². The first-order valence-corrected chi connectivity index (χ1v) is 8.59. The first-order valence-electron chi connectivity index (χ1n) is 8.21. The first kappa shape index (κ1) is 18.5. The van der Waals surface area contributed by atoms with E-state index in [0.29, 0.717) is 23.6 Å². The molecule has 0 aliphatic heterocycles. The second-order valence-electron chi connectivity index (χ2n) is 5.88. The van der Waals surface area contributed by atoms with E-state index < -0.39 is 5.91 Å². The van der Waals surface area contributed by atoms with Crippen LogP contribution >= 0.6 is 11.6 Å². The molecule has 0 aliphatic carbocycles. The Hall–Kier alpha value is -3.30. The third-order valence-corrected chi connectivity index (χ3v) is 4.36. The number of nitriles is 1. The molecule has 2 aromatic carbocycles. The topological polar surface area (TPSA) is 98.1 Å². The molecule has 0 aliphatic rings. The lowest BCUT2D eigenvalue weighted by Gasteiger charge is -2.09. The van der Waals surface area contributed by atoms with Crippen LogP contribution in [0, 0.1) is 11.3 Å². The summed E-state index contributed by atoms with van der Waals surface area (Å²) >= 11 is 5.94. The van der Waals surface area contributed by atoms with Gasteiger partial charge in [-0.1, -0.05) is 29.8 Å². The number of nitrogens with two attached hydrogens (primary N) is 1. The Morgan fingerprint density at radius 1 is 1.19 bits per heavy atom. The molecule has 0 unspecified atom stereocenters. The molecule has 0 fully saturated rings. The average molecular weight is 382 g/mol. The van der Waals surface area contributed by atoms with Crippen molar-refractivity contribution in [1.29, 1.82) is 5.26 Å². The molecule has 27 heavy (non-hydrogen) atoms. The Balaban J connectivity index is 1.87. The van der Waals surface area contributed by atoms with E-state index in [1.165, 1.54) is 18.2 Å². The molecule has 0 saturated carbocycles. The average Bonchev–Trinajstić information content (AvgIpc) is 3.03. The van der Waals surface area contributed by atoms with Gasteiger partial charge in [-0.25, -0.2) is 0 Å². The third-order valence-electron chi connectivity index (χ3n) is 4.12. The summed E-state index contributed by atoms with van der Waals surface area (Å²) in [6.07, 6.45) is 2.06. The van der Waals surface area contributed by atoms with Crippen molar-refractivity contribution in [1.82, 2.24) is 4.57 Å². The highest BCUT2D eigenvalue weighted by Gasteiger charge is 2.17. The molecule has 0 bridgehead atoms. The number of hydrogen-bond donors (Lipinski definition) is 1. The largest absolute Gasteiger partial charge is 0.485 e. The SMILES string of the molecule is N#CCCn1cc(C(=O)COc2cc(Cl)ccc2C(N)=O)c2ccccc21. The number of ketones is 1. The molecule has 3 aromatic rings. The van der Waals surface area contributed by atoms with Crippen LogP contribution < -0.4 is 10.5 Å². The number of carbonyl (C=O) groups excluding carboxylic acids is 2. The van der Waals surface area contributed by atoms with E-state index in [4.69, 9.17) is 27.3 Å². The minimum atomic E-state index is -0.665. The van der Waals surface area contributed by atoms with E-state index in [1.54, 1.807) is 6.20 Å². The van der Waals surface area contributed by atoms with Crippen molar-refractivity contribution >= 4 is 34.2 Å². The Labute approximate surface area is 160 Å². The number of nitrogens with zero attached hydrogens (tertiary/aromatic N) is 2. The van der Waals surface area contributed by atoms with Crippen molar-refractivity contribution in [3.63, 3.8) is 0 Å².